The van der Waals surface area contributed by atoms with Crippen LogP contribution in [0.15, 0.2) is 12.4 Å². The van der Waals surface area contributed by atoms with Crippen LogP contribution in [0.5, 0.6) is 0 Å². The van der Waals surface area contributed by atoms with E-state index in [0.29, 0.717) is 12.4 Å². The number of carbonyl (C=O) groups is 1. The highest BCUT2D eigenvalue weighted by Gasteiger charge is 2.27. The first-order chi connectivity index (χ1) is 11.3. The number of carbonyl (C=O) groups excluding carboxylic acids is 1. The maximum atomic E-state index is 12.4. The van der Waals surface area contributed by atoms with Crippen molar-refractivity contribution in [2.24, 2.45) is 0 Å². The molecule has 7 nitrogen and oxygen atoms in total. The third-order valence-electron chi connectivity index (χ3n) is 4.69. The summed E-state index contributed by atoms with van der Waals surface area (Å²) in [6.07, 6.45) is 6.78. The molecule has 1 aliphatic heterocycles. The molecule has 2 heterocycles. The highest BCUT2D eigenvalue weighted by Crippen LogP contribution is 2.24. The van der Waals surface area contributed by atoms with Gasteiger partial charge in [0.05, 0.1) is 12.3 Å². The summed E-state index contributed by atoms with van der Waals surface area (Å²) in [4.78, 5) is 25.0. The van der Waals surface area contributed by atoms with E-state index < -0.39 is 0 Å². The van der Waals surface area contributed by atoms with Crippen LogP contribution in [0, 0.1) is 0 Å². The van der Waals surface area contributed by atoms with Crippen molar-refractivity contribution < 1.29 is 9.53 Å². The normalized spacial score (nSPS) is 20.0. The van der Waals surface area contributed by atoms with Crippen LogP contribution in [-0.2, 0) is 11.3 Å². The summed E-state index contributed by atoms with van der Waals surface area (Å²) >= 11 is 0. The lowest BCUT2D eigenvalue weighted by Crippen LogP contribution is -2.52. The number of urea groups is 1. The lowest BCUT2D eigenvalue weighted by Gasteiger charge is -2.37. The molecule has 126 valence electrons. The Hall–Kier alpha value is -1.73. The molecule has 2 fully saturated rings. The maximum absolute atomic E-state index is 12.4. The van der Waals surface area contributed by atoms with Crippen molar-refractivity contribution in [3.63, 3.8) is 0 Å². The van der Waals surface area contributed by atoms with E-state index in [1.807, 2.05) is 4.90 Å². The van der Waals surface area contributed by atoms with Gasteiger partial charge in [0, 0.05) is 45.4 Å². The summed E-state index contributed by atoms with van der Waals surface area (Å²) in [5.74, 6) is 0.523. The Morgan fingerprint density at radius 1 is 1.26 bits per heavy atom. The summed E-state index contributed by atoms with van der Waals surface area (Å²) in [6.45, 7) is 3.90. The van der Waals surface area contributed by atoms with E-state index in [9.17, 15) is 4.79 Å². The Bertz CT molecular complexity index is 525. The molecule has 1 saturated heterocycles. The summed E-state index contributed by atoms with van der Waals surface area (Å²) in [7, 11) is 1.62. The first kappa shape index (κ1) is 16.1. The minimum atomic E-state index is -0.0851. The van der Waals surface area contributed by atoms with E-state index in [1.54, 1.807) is 13.2 Å². The monoisotopic (exact) mass is 319 g/mol. The molecule has 2 aliphatic rings. The maximum Gasteiger partial charge on any atom is 0.323 e. The number of rotatable bonds is 4. The number of nitrogens with one attached hydrogen (secondary N) is 1. The van der Waals surface area contributed by atoms with Gasteiger partial charge in [-0.2, -0.15) is 0 Å². The molecule has 0 unspecified atom stereocenters. The Balaban J connectivity index is 1.50. The Labute approximate surface area is 137 Å². The van der Waals surface area contributed by atoms with Crippen molar-refractivity contribution in [1.82, 2.24) is 19.8 Å². The fourth-order valence-electron chi connectivity index (χ4n) is 3.44. The van der Waals surface area contributed by atoms with E-state index in [1.165, 1.54) is 32.0 Å². The zero-order valence-corrected chi connectivity index (χ0v) is 13.7. The average Bonchev–Trinajstić information content (AvgIpc) is 3.10. The molecular formula is C16H25N5O2. The number of hydrogen-bond acceptors (Lipinski definition) is 5. The van der Waals surface area contributed by atoms with Crippen LogP contribution in [0.25, 0.3) is 0 Å². The molecule has 0 spiro atoms. The molecule has 3 rings (SSSR count). The fraction of sp³-hybridized carbons (Fsp3) is 0.688. The lowest BCUT2D eigenvalue weighted by molar-refractivity contribution is 0.115. The number of anilines is 1. The number of nitrogens with zero attached hydrogens (tertiary/aromatic N) is 4. The molecule has 2 amide bonds. The number of amides is 2. The van der Waals surface area contributed by atoms with E-state index in [-0.39, 0.29) is 6.03 Å². The Morgan fingerprint density at radius 3 is 2.70 bits per heavy atom. The average molecular weight is 319 g/mol. The number of ether oxygens (including phenoxy) is 1. The van der Waals surface area contributed by atoms with Crippen molar-refractivity contribution in [3.8, 4) is 0 Å². The molecule has 7 heteroatoms. The number of hydrogen-bond donors (Lipinski definition) is 1. The van der Waals surface area contributed by atoms with E-state index in [2.05, 4.69) is 20.2 Å². The summed E-state index contributed by atoms with van der Waals surface area (Å²) in [5.41, 5.74) is 0.754. The fourth-order valence-corrected chi connectivity index (χ4v) is 3.44. The van der Waals surface area contributed by atoms with Crippen molar-refractivity contribution in [1.29, 1.82) is 0 Å². The second kappa shape index (κ2) is 7.70. The summed E-state index contributed by atoms with van der Waals surface area (Å²) in [6, 6.07) is 2.40. The van der Waals surface area contributed by atoms with Gasteiger partial charge in [0.2, 0.25) is 0 Å². The first-order valence-corrected chi connectivity index (χ1v) is 8.36. The number of piperazine rings is 1. The molecule has 1 saturated carbocycles. The van der Waals surface area contributed by atoms with Crippen LogP contribution in [0.3, 0.4) is 0 Å². The minimum Gasteiger partial charge on any atom is -0.378 e. The van der Waals surface area contributed by atoms with E-state index in [0.717, 1.165) is 37.9 Å². The minimum absolute atomic E-state index is 0.0851. The van der Waals surface area contributed by atoms with Crippen molar-refractivity contribution in [2.45, 2.75) is 38.3 Å². The third-order valence-corrected chi connectivity index (χ3v) is 4.69. The van der Waals surface area contributed by atoms with E-state index >= 15 is 0 Å². The smallest absolute Gasteiger partial charge is 0.323 e. The second-order valence-electron chi connectivity index (χ2n) is 6.22. The first-order valence-electron chi connectivity index (χ1n) is 8.36. The van der Waals surface area contributed by atoms with Gasteiger partial charge in [-0.1, -0.05) is 12.8 Å². The molecule has 0 bridgehead atoms. The lowest BCUT2D eigenvalue weighted by atomic mass is 10.2. The van der Waals surface area contributed by atoms with Crippen molar-refractivity contribution in [2.75, 3.05) is 38.6 Å². The molecule has 0 radical (unpaired) electrons. The highest BCUT2D eigenvalue weighted by molar-refractivity contribution is 5.88. The van der Waals surface area contributed by atoms with Gasteiger partial charge >= 0.3 is 6.03 Å². The standard InChI is InChI=1S/C16H25N5O2/c1-23-11-13-10-15(18-12-17-13)19-16(22)21-8-6-20(7-9-21)14-4-2-3-5-14/h10,12,14H,2-9,11H2,1H3,(H,17,18,19,22). The largest absolute Gasteiger partial charge is 0.378 e. The predicted molar refractivity (Wildman–Crippen MR) is 87.2 cm³/mol. The molecule has 1 N–H and O–H groups in total. The Kier molecular flexibility index (Phi) is 5.40. The third kappa shape index (κ3) is 4.17. The van der Waals surface area contributed by atoms with Gasteiger partial charge in [-0.15, -0.1) is 0 Å². The van der Waals surface area contributed by atoms with Crippen LogP contribution in [0.4, 0.5) is 10.6 Å². The van der Waals surface area contributed by atoms with Gasteiger partial charge in [-0.3, -0.25) is 10.2 Å². The van der Waals surface area contributed by atoms with Gasteiger partial charge < -0.3 is 9.64 Å². The zero-order valence-electron chi connectivity index (χ0n) is 13.7. The number of aromatic nitrogens is 2. The van der Waals surface area contributed by atoms with Crippen LogP contribution in [0.1, 0.15) is 31.4 Å². The predicted octanol–water partition coefficient (Wildman–Crippen LogP) is 1.72. The van der Waals surface area contributed by atoms with Gasteiger partial charge in [-0.05, 0) is 12.8 Å². The van der Waals surface area contributed by atoms with Crippen LogP contribution >= 0.6 is 0 Å². The van der Waals surface area contributed by atoms with Crippen molar-refractivity contribution in [3.05, 3.63) is 18.1 Å². The van der Waals surface area contributed by atoms with Gasteiger partial charge in [-0.25, -0.2) is 14.8 Å². The SMILES string of the molecule is COCc1cc(NC(=O)N2CCN(C3CCCC3)CC2)ncn1. The molecule has 1 aromatic rings. The van der Waals surface area contributed by atoms with Crippen LogP contribution in [0.2, 0.25) is 0 Å². The van der Waals surface area contributed by atoms with Crippen LogP contribution in [-0.4, -0.2) is 65.1 Å². The molecule has 0 aromatic carbocycles. The highest BCUT2D eigenvalue weighted by atomic mass is 16.5. The van der Waals surface area contributed by atoms with Gasteiger partial charge in [0.15, 0.2) is 0 Å². The molecular weight excluding hydrogens is 294 g/mol. The Morgan fingerprint density at radius 2 is 2.00 bits per heavy atom. The quantitative estimate of drug-likeness (QED) is 0.915. The summed E-state index contributed by atoms with van der Waals surface area (Å²) < 4.78 is 5.05. The van der Waals surface area contributed by atoms with Crippen LogP contribution < -0.4 is 5.32 Å². The number of methoxy groups -OCH3 is 1. The zero-order chi connectivity index (χ0) is 16.1. The summed E-state index contributed by atoms with van der Waals surface area (Å²) in [5, 5.41) is 2.86. The molecule has 1 aliphatic carbocycles. The molecule has 23 heavy (non-hydrogen) atoms. The molecule has 1 aromatic heterocycles. The second-order valence-corrected chi connectivity index (χ2v) is 6.22. The van der Waals surface area contributed by atoms with Crippen molar-refractivity contribution >= 4 is 11.8 Å². The van der Waals surface area contributed by atoms with Gasteiger partial charge in [0.25, 0.3) is 0 Å². The van der Waals surface area contributed by atoms with E-state index in [4.69, 9.17) is 4.74 Å². The van der Waals surface area contributed by atoms with Gasteiger partial charge in [0.1, 0.15) is 12.1 Å². The molecule has 0 atom stereocenters. The topological polar surface area (TPSA) is 70.6 Å².